The van der Waals surface area contributed by atoms with E-state index in [1.807, 2.05) is 6.92 Å². The normalized spacial score (nSPS) is 25.7. The average Bonchev–Trinajstić information content (AvgIpc) is 2.62. The molecule has 5 heteroatoms. The first-order chi connectivity index (χ1) is 12.7. The highest BCUT2D eigenvalue weighted by atomic mass is 19.1. The Morgan fingerprint density at radius 1 is 1.22 bits per heavy atom. The second kappa shape index (κ2) is 8.61. The van der Waals surface area contributed by atoms with Crippen LogP contribution in [0.25, 0.3) is 0 Å². The minimum atomic E-state index is -0.379. The third-order valence-electron chi connectivity index (χ3n) is 5.57. The van der Waals surface area contributed by atoms with Gasteiger partial charge in [0.2, 0.25) is 0 Å². The third kappa shape index (κ3) is 5.86. The molecule has 3 saturated carbocycles. The Labute approximate surface area is 162 Å². The number of nitrogens with two attached hydrogens (primary N) is 2. The van der Waals surface area contributed by atoms with E-state index in [4.69, 9.17) is 16.2 Å². The molecule has 0 saturated heterocycles. The minimum Gasteiger partial charge on any atom is -0.490 e. The molecule has 5 N–H and O–H groups in total. The average molecular weight is 374 g/mol. The Bertz CT molecular complexity index is 689. The fourth-order valence-corrected chi connectivity index (χ4v) is 3.70. The predicted molar refractivity (Wildman–Crippen MR) is 111 cm³/mol. The van der Waals surface area contributed by atoms with Crippen LogP contribution in [0.1, 0.15) is 45.4 Å². The highest BCUT2D eigenvalue weighted by molar-refractivity contribution is 5.42. The lowest BCUT2D eigenvalue weighted by atomic mass is 9.58. The van der Waals surface area contributed by atoms with Gasteiger partial charge in [0.25, 0.3) is 0 Å². The van der Waals surface area contributed by atoms with Crippen molar-refractivity contribution in [2.75, 3.05) is 12.3 Å². The molecule has 0 aliphatic heterocycles. The van der Waals surface area contributed by atoms with Crippen molar-refractivity contribution in [1.29, 1.82) is 0 Å². The lowest BCUT2D eigenvalue weighted by molar-refractivity contribution is 0.00432. The van der Waals surface area contributed by atoms with E-state index in [0.717, 1.165) is 49.9 Å². The van der Waals surface area contributed by atoms with Gasteiger partial charge in [0.05, 0.1) is 6.61 Å². The first-order valence-corrected chi connectivity index (χ1v) is 9.38. The topological polar surface area (TPSA) is 73.3 Å². The van der Waals surface area contributed by atoms with E-state index in [-0.39, 0.29) is 16.8 Å². The zero-order chi connectivity index (χ0) is 20.1. The molecule has 148 valence electrons. The van der Waals surface area contributed by atoms with E-state index in [9.17, 15) is 4.39 Å². The molecule has 0 radical (unpaired) electrons. The van der Waals surface area contributed by atoms with Crippen molar-refractivity contribution in [1.82, 2.24) is 5.32 Å². The van der Waals surface area contributed by atoms with Gasteiger partial charge in [-0.3, -0.25) is 0 Å². The molecule has 27 heavy (non-hydrogen) atoms. The number of nitrogens with one attached hydrogen (secondary N) is 1. The van der Waals surface area contributed by atoms with E-state index in [1.165, 1.54) is 6.07 Å². The molecule has 3 fully saturated rings. The summed E-state index contributed by atoms with van der Waals surface area (Å²) in [5.41, 5.74) is 14.2. The number of nitrogen functional groups attached to an aromatic ring is 1. The van der Waals surface area contributed by atoms with Crippen LogP contribution >= 0.6 is 0 Å². The highest BCUT2D eigenvalue weighted by Crippen LogP contribution is 2.51. The van der Waals surface area contributed by atoms with Gasteiger partial charge in [0, 0.05) is 34.1 Å². The first-order valence-electron chi connectivity index (χ1n) is 9.38. The standard InChI is InChI=1S/C15H21FN2O.C7H11N/c16-12-9-11(17)1-2-13(12)19-10-14-3-6-15(18,7-4-14)8-5-14;1-5-7(4)8-6(2)3/h1-2,9H,3-8,10,17-18H2;5,8H,1-2,4H2,3H3. The maximum Gasteiger partial charge on any atom is 0.167 e. The van der Waals surface area contributed by atoms with E-state index in [0.29, 0.717) is 18.0 Å². The van der Waals surface area contributed by atoms with Gasteiger partial charge in [-0.25, -0.2) is 4.39 Å². The Balaban J connectivity index is 0.000000279. The molecule has 0 heterocycles. The predicted octanol–water partition coefficient (Wildman–Crippen LogP) is 4.65. The molecular formula is C22H32FN3O. The fourth-order valence-electron chi connectivity index (χ4n) is 3.70. The first kappa shape index (κ1) is 21.0. The van der Waals surface area contributed by atoms with Crippen LogP contribution in [0.15, 0.2) is 55.4 Å². The smallest absolute Gasteiger partial charge is 0.167 e. The quantitative estimate of drug-likeness (QED) is 0.501. The summed E-state index contributed by atoms with van der Waals surface area (Å²) in [6, 6.07) is 4.59. The second-order valence-electron chi connectivity index (χ2n) is 7.98. The van der Waals surface area contributed by atoms with Crippen LogP contribution in [0.5, 0.6) is 5.75 Å². The van der Waals surface area contributed by atoms with E-state index in [2.05, 4.69) is 25.1 Å². The number of hydrogen-bond donors (Lipinski definition) is 3. The SMILES string of the molecule is C=CC(=C)NC(=C)C.Nc1ccc(OCC23CCC(N)(CC2)CC3)c(F)c1. The van der Waals surface area contributed by atoms with Crippen LogP contribution in [0, 0.1) is 11.2 Å². The van der Waals surface area contributed by atoms with Crippen molar-refractivity contribution in [2.45, 2.75) is 51.0 Å². The van der Waals surface area contributed by atoms with Gasteiger partial charge in [-0.2, -0.15) is 0 Å². The van der Waals surface area contributed by atoms with Gasteiger partial charge >= 0.3 is 0 Å². The summed E-state index contributed by atoms with van der Waals surface area (Å²) in [5.74, 6) is -0.0741. The van der Waals surface area contributed by atoms with Gasteiger partial charge < -0.3 is 21.5 Å². The summed E-state index contributed by atoms with van der Waals surface area (Å²) < 4.78 is 19.4. The van der Waals surface area contributed by atoms with Gasteiger partial charge in [-0.05, 0) is 63.7 Å². The number of anilines is 1. The Hall–Kier alpha value is -2.27. The molecule has 1 aromatic rings. The summed E-state index contributed by atoms with van der Waals surface area (Å²) in [4.78, 5) is 0. The Morgan fingerprint density at radius 2 is 1.81 bits per heavy atom. The summed E-state index contributed by atoms with van der Waals surface area (Å²) in [6.45, 7) is 13.2. The van der Waals surface area contributed by atoms with Gasteiger partial charge in [0.15, 0.2) is 11.6 Å². The van der Waals surface area contributed by atoms with Gasteiger partial charge in [-0.1, -0.05) is 19.7 Å². The van der Waals surface area contributed by atoms with E-state index in [1.54, 1.807) is 18.2 Å². The van der Waals surface area contributed by atoms with Crippen molar-refractivity contribution in [3.05, 3.63) is 61.2 Å². The van der Waals surface area contributed by atoms with Gasteiger partial charge in [0.1, 0.15) is 0 Å². The number of halogens is 1. The molecule has 3 aliphatic carbocycles. The molecule has 4 nitrogen and oxygen atoms in total. The van der Waals surface area contributed by atoms with Crippen molar-refractivity contribution >= 4 is 5.69 Å². The van der Waals surface area contributed by atoms with E-state index >= 15 is 0 Å². The van der Waals surface area contributed by atoms with Crippen LogP contribution < -0.4 is 21.5 Å². The number of rotatable bonds is 6. The van der Waals surface area contributed by atoms with Crippen molar-refractivity contribution in [2.24, 2.45) is 11.1 Å². The van der Waals surface area contributed by atoms with Crippen molar-refractivity contribution in [3.63, 3.8) is 0 Å². The van der Waals surface area contributed by atoms with Crippen LogP contribution in [-0.2, 0) is 0 Å². The minimum absolute atomic E-state index is 0.0637. The molecule has 0 amide bonds. The lowest BCUT2D eigenvalue weighted by Crippen LogP contribution is -2.53. The van der Waals surface area contributed by atoms with Gasteiger partial charge in [-0.15, -0.1) is 0 Å². The monoisotopic (exact) mass is 373 g/mol. The molecule has 0 unspecified atom stereocenters. The second-order valence-corrected chi connectivity index (χ2v) is 7.98. The summed E-state index contributed by atoms with van der Waals surface area (Å²) in [7, 11) is 0. The number of benzene rings is 1. The molecule has 0 aromatic heterocycles. The number of fused-ring (bicyclic) bond motifs is 3. The van der Waals surface area contributed by atoms with Crippen LogP contribution in [0.2, 0.25) is 0 Å². The van der Waals surface area contributed by atoms with Crippen LogP contribution in [0.4, 0.5) is 10.1 Å². The number of ether oxygens (including phenoxy) is 1. The molecule has 0 spiro atoms. The molecule has 3 aliphatic rings. The summed E-state index contributed by atoms with van der Waals surface area (Å²) >= 11 is 0. The Morgan fingerprint density at radius 3 is 2.26 bits per heavy atom. The molecular weight excluding hydrogens is 341 g/mol. The lowest BCUT2D eigenvalue weighted by Gasteiger charge is -2.51. The van der Waals surface area contributed by atoms with Crippen LogP contribution in [0.3, 0.4) is 0 Å². The number of allylic oxidation sites excluding steroid dienone is 2. The maximum atomic E-state index is 13.7. The fraction of sp³-hybridized carbons (Fsp3) is 0.455. The van der Waals surface area contributed by atoms with Crippen LogP contribution in [-0.4, -0.2) is 12.1 Å². The summed E-state index contributed by atoms with van der Waals surface area (Å²) in [5, 5.41) is 2.89. The maximum absolute atomic E-state index is 13.7. The van der Waals surface area contributed by atoms with Crippen molar-refractivity contribution < 1.29 is 9.13 Å². The van der Waals surface area contributed by atoms with Crippen molar-refractivity contribution in [3.8, 4) is 5.75 Å². The zero-order valence-corrected chi connectivity index (χ0v) is 16.3. The summed E-state index contributed by atoms with van der Waals surface area (Å²) in [6.07, 6.45) is 8.15. The largest absolute Gasteiger partial charge is 0.490 e. The number of hydrogen-bond acceptors (Lipinski definition) is 4. The third-order valence-corrected chi connectivity index (χ3v) is 5.57. The highest BCUT2D eigenvalue weighted by Gasteiger charge is 2.47. The zero-order valence-electron chi connectivity index (χ0n) is 16.3. The molecule has 2 bridgehead atoms. The molecule has 1 aromatic carbocycles. The Kier molecular flexibility index (Phi) is 6.71. The van der Waals surface area contributed by atoms with E-state index < -0.39 is 0 Å². The molecule has 0 atom stereocenters. The molecule has 4 rings (SSSR count).